The summed E-state index contributed by atoms with van der Waals surface area (Å²) in [5, 5.41) is 15.8. The van der Waals surface area contributed by atoms with Crippen LogP contribution < -0.4 is 15.5 Å². The first-order valence-corrected chi connectivity index (χ1v) is 11.3. The molecule has 0 spiro atoms. The molecule has 0 atom stereocenters. The van der Waals surface area contributed by atoms with Gasteiger partial charge in [0.2, 0.25) is 0 Å². The SMILES string of the molecule is Cc1ccc(NC(=O)c2cccc(O)c2NC(=O)c2ccc(N3CCCN(C)CC3)cc2)nc1.Cl. The van der Waals surface area contributed by atoms with Crippen LogP contribution in [-0.2, 0) is 0 Å². The highest BCUT2D eigenvalue weighted by atomic mass is 35.5. The number of carbonyl (C=O) groups excluding carboxylic acids is 2. The summed E-state index contributed by atoms with van der Waals surface area (Å²) in [5.74, 6) is -0.704. The molecule has 0 saturated carbocycles. The zero-order chi connectivity index (χ0) is 24.1. The molecule has 0 radical (unpaired) electrons. The third-order valence-corrected chi connectivity index (χ3v) is 5.89. The van der Waals surface area contributed by atoms with Gasteiger partial charge in [-0.15, -0.1) is 12.4 Å². The fourth-order valence-electron chi connectivity index (χ4n) is 3.90. The van der Waals surface area contributed by atoms with Gasteiger partial charge < -0.3 is 25.5 Å². The lowest BCUT2D eigenvalue weighted by molar-refractivity contribution is 0.102. The van der Waals surface area contributed by atoms with E-state index in [1.54, 1.807) is 30.5 Å². The van der Waals surface area contributed by atoms with Crippen LogP contribution in [0.5, 0.6) is 5.75 Å². The zero-order valence-corrected chi connectivity index (χ0v) is 20.6. The number of nitrogens with zero attached hydrogens (tertiary/aromatic N) is 3. The first kappa shape index (κ1) is 26.0. The van der Waals surface area contributed by atoms with E-state index in [1.165, 1.54) is 12.1 Å². The van der Waals surface area contributed by atoms with Crippen molar-refractivity contribution in [3.63, 3.8) is 0 Å². The molecule has 1 aliphatic rings. The molecule has 1 fully saturated rings. The number of hydrogen-bond acceptors (Lipinski definition) is 6. The Balaban J connectivity index is 0.00000342. The molecule has 3 N–H and O–H groups in total. The van der Waals surface area contributed by atoms with E-state index >= 15 is 0 Å². The van der Waals surface area contributed by atoms with E-state index in [0.29, 0.717) is 11.4 Å². The number of amides is 2. The van der Waals surface area contributed by atoms with Crippen LogP contribution in [0.2, 0.25) is 0 Å². The van der Waals surface area contributed by atoms with Crippen molar-refractivity contribution in [1.82, 2.24) is 9.88 Å². The van der Waals surface area contributed by atoms with Gasteiger partial charge in [0.1, 0.15) is 11.6 Å². The number of para-hydroxylation sites is 1. The fraction of sp³-hybridized carbons (Fsp3) is 0.269. The van der Waals surface area contributed by atoms with Gasteiger partial charge in [-0.05, 0) is 75.0 Å². The second-order valence-electron chi connectivity index (χ2n) is 8.52. The number of pyridine rings is 1. The Hall–Kier alpha value is -3.62. The standard InChI is InChI=1S/C26H29N5O3.ClH/c1-18-7-12-23(27-17-18)28-26(34)21-5-3-6-22(32)24(21)29-25(33)19-8-10-20(11-9-19)31-14-4-13-30(2)15-16-31;/h3,5-12,17,32H,4,13-16H2,1-2H3,(H,29,33)(H,27,28,34);1H. The van der Waals surface area contributed by atoms with Crippen LogP contribution in [0, 0.1) is 6.92 Å². The fourth-order valence-corrected chi connectivity index (χ4v) is 3.90. The van der Waals surface area contributed by atoms with Crippen molar-refractivity contribution >= 4 is 41.4 Å². The number of hydrogen-bond donors (Lipinski definition) is 3. The smallest absolute Gasteiger partial charge is 0.259 e. The van der Waals surface area contributed by atoms with Crippen LogP contribution in [0.3, 0.4) is 0 Å². The maximum atomic E-state index is 12.9. The number of anilines is 3. The second kappa shape index (κ2) is 11.7. The van der Waals surface area contributed by atoms with Gasteiger partial charge in [-0.2, -0.15) is 0 Å². The molecule has 1 aromatic heterocycles. The zero-order valence-electron chi connectivity index (χ0n) is 19.8. The number of nitrogens with one attached hydrogen (secondary N) is 2. The molecule has 9 heteroatoms. The normalized spacial score (nSPS) is 13.9. The predicted molar refractivity (Wildman–Crippen MR) is 141 cm³/mol. The lowest BCUT2D eigenvalue weighted by Gasteiger charge is -2.23. The minimum atomic E-state index is -0.482. The van der Waals surface area contributed by atoms with E-state index in [9.17, 15) is 14.7 Å². The largest absolute Gasteiger partial charge is 0.506 e. The van der Waals surface area contributed by atoms with Crippen molar-refractivity contribution in [3.8, 4) is 5.75 Å². The Kier molecular flexibility index (Phi) is 8.68. The van der Waals surface area contributed by atoms with Gasteiger partial charge in [0, 0.05) is 37.1 Å². The molecule has 2 amide bonds. The highest BCUT2D eigenvalue weighted by Crippen LogP contribution is 2.29. The van der Waals surface area contributed by atoms with E-state index < -0.39 is 11.8 Å². The maximum absolute atomic E-state index is 12.9. The maximum Gasteiger partial charge on any atom is 0.259 e. The van der Waals surface area contributed by atoms with Crippen molar-refractivity contribution in [2.45, 2.75) is 13.3 Å². The molecule has 2 heterocycles. The number of phenols is 1. The van der Waals surface area contributed by atoms with Gasteiger partial charge in [0.25, 0.3) is 11.8 Å². The summed E-state index contributed by atoms with van der Waals surface area (Å²) >= 11 is 0. The van der Waals surface area contributed by atoms with Crippen LogP contribution in [0.4, 0.5) is 17.2 Å². The number of halogens is 1. The Morgan fingerprint density at radius 1 is 0.914 bits per heavy atom. The van der Waals surface area contributed by atoms with Gasteiger partial charge in [-0.1, -0.05) is 12.1 Å². The molecule has 0 aliphatic carbocycles. The molecule has 2 aromatic carbocycles. The van der Waals surface area contributed by atoms with Gasteiger partial charge in [0.05, 0.1) is 11.3 Å². The van der Waals surface area contributed by atoms with Crippen LogP contribution in [0.25, 0.3) is 0 Å². The lowest BCUT2D eigenvalue weighted by Crippen LogP contribution is -2.28. The van der Waals surface area contributed by atoms with E-state index in [4.69, 9.17) is 0 Å². The lowest BCUT2D eigenvalue weighted by atomic mass is 10.1. The summed E-state index contributed by atoms with van der Waals surface area (Å²) < 4.78 is 0. The number of likely N-dealkylation sites (N-methyl/N-ethyl adjacent to an activating group) is 1. The Labute approximate surface area is 211 Å². The molecular weight excluding hydrogens is 466 g/mol. The number of phenolic OH excluding ortho intramolecular Hbond substituents is 1. The van der Waals surface area contributed by atoms with Crippen molar-refractivity contribution in [3.05, 3.63) is 77.5 Å². The average Bonchev–Trinajstić information content (AvgIpc) is 3.06. The number of aromatic hydroxyl groups is 1. The summed E-state index contributed by atoms with van der Waals surface area (Å²) in [6, 6.07) is 15.4. The second-order valence-corrected chi connectivity index (χ2v) is 8.52. The minimum Gasteiger partial charge on any atom is -0.506 e. The molecule has 35 heavy (non-hydrogen) atoms. The summed E-state index contributed by atoms with van der Waals surface area (Å²) in [7, 11) is 2.13. The Morgan fingerprint density at radius 3 is 2.40 bits per heavy atom. The monoisotopic (exact) mass is 495 g/mol. The topological polar surface area (TPSA) is 97.8 Å². The highest BCUT2D eigenvalue weighted by molar-refractivity contribution is 6.13. The van der Waals surface area contributed by atoms with Gasteiger partial charge in [-0.3, -0.25) is 9.59 Å². The summed E-state index contributed by atoms with van der Waals surface area (Å²) in [4.78, 5) is 34.6. The summed E-state index contributed by atoms with van der Waals surface area (Å²) in [6.45, 7) is 5.89. The van der Waals surface area contributed by atoms with E-state index in [1.807, 2.05) is 25.1 Å². The van der Waals surface area contributed by atoms with Crippen molar-refractivity contribution in [1.29, 1.82) is 0 Å². The van der Waals surface area contributed by atoms with Gasteiger partial charge in [-0.25, -0.2) is 4.98 Å². The molecule has 184 valence electrons. The van der Waals surface area contributed by atoms with Crippen LogP contribution in [0.1, 0.15) is 32.7 Å². The van der Waals surface area contributed by atoms with E-state index in [0.717, 1.165) is 43.9 Å². The van der Waals surface area contributed by atoms with Gasteiger partial charge >= 0.3 is 0 Å². The number of benzene rings is 2. The minimum absolute atomic E-state index is 0. The number of carbonyl (C=O) groups is 2. The van der Waals surface area contributed by atoms with Crippen LogP contribution >= 0.6 is 12.4 Å². The van der Waals surface area contributed by atoms with Crippen molar-refractivity contribution in [2.75, 3.05) is 48.8 Å². The summed E-state index contributed by atoms with van der Waals surface area (Å²) in [6.07, 6.45) is 2.74. The van der Waals surface area contributed by atoms with E-state index in [-0.39, 0.29) is 29.4 Å². The molecule has 0 unspecified atom stereocenters. The third kappa shape index (κ3) is 6.49. The Morgan fingerprint density at radius 2 is 1.69 bits per heavy atom. The molecule has 1 saturated heterocycles. The molecule has 8 nitrogen and oxygen atoms in total. The molecule has 3 aromatic rings. The number of aromatic nitrogens is 1. The van der Waals surface area contributed by atoms with E-state index in [2.05, 4.69) is 32.5 Å². The average molecular weight is 496 g/mol. The first-order valence-electron chi connectivity index (χ1n) is 11.3. The molecular formula is C26H30ClN5O3. The number of rotatable bonds is 5. The number of aryl methyl sites for hydroxylation is 1. The predicted octanol–water partition coefficient (Wildman–Crippen LogP) is 4.16. The van der Waals surface area contributed by atoms with Gasteiger partial charge in [0.15, 0.2) is 0 Å². The highest BCUT2D eigenvalue weighted by Gasteiger charge is 2.19. The third-order valence-electron chi connectivity index (χ3n) is 5.89. The quantitative estimate of drug-likeness (QED) is 0.460. The molecule has 4 rings (SSSR count). The Bertz CT molecular complexity index is 1170. The van der Waals surface area contributed by atoms with Crippen LogP contribution in [-0.4, -0.2) is 60.0 Å². The molecule has 0 bridgehead atoms. The van der Waals surface area contributed by atoms with Crippen molar-refractivity contribution < 1.29 is 14.7 Å². The van der Waals surface area contributed by atoms with Crippen molar-refractivity contribution in [2.24, 2.45) is 0 Å². The molecule has 1 aliphatic heterocycles. The first-order chi connectivity index (χ1) is 16.4. The van der Waals surface area contributed by atoms with Crippen LogP contribution in [0.15, 0.2) is 60.8 Å². The summed E-state index contributed by atoms with van der Waals surface area (Å²) in [5.41, 5.74) is 2.67.